The second-order valence-corrected chi connectivity index (χ2v) is 6.38. The highest BCUT2D eigenvalue weighted by molar-refractivity contribution is 6.33. The first-order valence-electron chi connectivity index (χ1n) is 8.19. The van der Waals surface area contributed by atoms with Crippen molar-refractivity contribution in [2.45, 2.75) is 13.5 Å². The lowest BCUT2D eigenvalue weighted by molar-refractivity contribution is 0.0779. The standard InChI is InChI=1S/C20H19ClN4O/c1-14-12-18(19(26)25(2)13-15-8-4-3-5-9-15)24-20(22-14)23-17-11-7-6-10-16(17)21/h3-12H,13H2,1-2H3,(H,22,23,24). The van der Waals surface area contributed by atoms with Gasteiger partial charge in [0.05, 0.1) is 10.7 Å². The summed E-state index contributed by atoms with van der Waals surface area (Å²) < 4.78 is 0. The number of amides is 1. The number of aromatic nitrogens is 2. The Hall–Kier alpha value is -2.92. The van der Waals surface area contributed by atoms with Crippen molar-refractivity contribution >= 4 is 29.1 Å². The van der Waals surface area contributed by atoms with E-state index in [-0.39, 0.29) is 5.91 Å². The lowest BCUT2D eigenvalue weighted by Gasteiger charge is -2.17. The Bertz CT molecular complexity index is 915. The topological polar surface area (TPSA) is 58.1 Å². The van der Waals surface area contributed by atoms with Gasteiger partial charge in [0.15, 0.2) is 0 Å². The van der Waals surface area contributed by atoms with Crippen LogP contribution >= 0.6 is 11.6 Å². The van der Waals surface area contributed by atoms with E-state index in [9.17, 15) is 4.79 Å². The highest BCUT2D eigenvalue weighted by Gasteiger charge is 2.16. The molecule has 0 aliphatic heterocycles. The Balaban J connectivity index is 1.80. The van der Waals surface area contributed by atoms with E-state index in [0.29, 0.717) is 34.6 Å². The number of anilines is 2. The molecule has 0 saturated carbocycles. The number of carbonyl (C=O) groups is 1. The van der Waals surface area contributed by atoms with Crippen LogP contribution in [0.2, 0.25) is 5.02 Å². The molecule has 1 aromatic heterocycles. The molecule has 0 aliphatic carbocycles. The lowest BCUT2D eigenvalue weighted by Crippen LogP contribution is -2.27. The third kappa shape index (κ3) is 4.37. The van der Waals surface area contributed by atoms with Gasteiger partial charge in [-0.3, -0.25) is 4.79 Å². The number of carbonyl (C=O) groups excluding carboxylic acids is 1. The Morgan fingerprint density at radius 1 is 1.08 bits per heavy atom. The van der Waals surface area contributed by atoms with E-state index in [4.69, 9.17) is 11.6 Å². The van der Waals surface area contributed by atoms with Crippen LogP contribution in [0.5, 0.6) is 0 Å². The predicted molar refractivity (Wildman–Crippen MR) is 104 cm³/mol. The van der Waals surface area contributed by atoms with Crippen LogP contribution < -0.4 is 5.32 Å². The summed E-state index contributed by atoms with van der Waals surface area (Å²) in [5.74, 6) is 0.177. The fraction of sp³-hybridized carbons (Fsp3) is 0.150. The molecule has 1 N–H and O–H groups in total. The molecule has 0 unspecified atom stereocenters. The highest BCUT2D eigenvalue weighted by atomic mass is 35.5. The van der Waals surface area contributed by atoms with Gasteiger partial charge in [0.1, 0.15) is 5.69 Å². The summed E-state index contributed by atoms with van der Waals surface area (Å²) >= 11 is 6.16. The minimum atomic E-state index is -0.165. The molecular formula is C20H19ClN4O. The number of hydrogen-bond donors (Lipinski definition) is 1. The van der Waals surface area contributed by atoms with E-state index in [1.165, 1.54) is 0 Å². The minimum absolute atomic E-state index is 0.165. The molecule has 132 valence electrons. The number of nitrogens with zero attached hydrogens (tertiary/aromatic N) is 3. The summed E-state index contributed by atoms with van der Waals surface area (Å²) in [5.41, 5.74) is 2.79. The van der Waals surface area contributed by atoms with Gasteiger partial charge >= 0.3 is 0 Å². The van der Waals surface area contributed by atoms with E-state index < -0.39 is 0 Å². The molecule has 3 aromatic rings. The maximum atomic E-state index is 12.8. The molecule has 26 heavy (non-hydrogen) atoms. The molecule has 2 aromatic carbocycles. The van der Waals surface area contributed by atoms with Gasteiger partial charge in [-0.2, -0.15) is 0 Å². The zero-order valence-corrected chi connectivity index (χ0v) is 15.4. The van der Waals surface area contributed by atoms with Gasteiger partial charge in [-0.05, 0) is 30.7 Å². The zero-order valence-electron chi connectivity index (χ0n) is 14.6. The maximum absolute atomic E-state index is 12.8. The van der Waals surface area contributed by atoms with Crippen molar-refractivity contribution in [1.29, 1.82) is 0 Å². The van der Waals surface area contributed by atoms with Gasteiger partial charge in [0.2, 0.25) is 5.95 Å². The SMILES string of the molecule is Cc1cc(C(=O)N(C)Cc2ccccc2)nc(Nc2ccccc2Cl)n1. The molecule has 0 fully saturated rings. The Morgan fingerprint density at radius 2 is 1.77 bits per heavy atom. The fourth-order valence-electron chi connectivity index (χ4n) is 2.54. The summed E-state index contributed by atoms with van der Waals surface area (Å²) in [6.07, 6.45) is 0. The fourth-order valence-corrected chi connectivity index (χ4v) is 2.72. The van der Waals surface area contributed by atoms with Gasteiger partial charge in [-0.1, -0.05) is 54.1 Å². The predicted octanol–water partition coefficient (Wildman–Crippen LogP) is 4.45. The van der Waals surface area contributed by atoms with Crippen LogP contribution in [0.1, 0.15) is 21.7 Å². The molecular weight excluding hydrogens is 348 g/mol. The second kappa shape index (κ2) is 7.97. The molecule has 0 saturated heterocycles. The van der Waals surface area contributed by atoms with Crippen molar-refractivity contribution in [3.63, 3.8) is 0 Å². The van der Waals surface area contributed by atoms with Gasteiger partial charge < -0.3 is 10.2 Å². The van der Waals surface area contributed by atoms with Crippen LogP contribution in [0.3, 0.4) is 0 Å². The van der Waals surface area contributed by atoms with Crippen LogP contribution in [0.4, 0.5) is 11.6 Å². The van der Waals surface area contributed by atoms with Crippen LogP contribution in [0.25, 0.3) is 0 Å². The molecule has 0 aliphatic rings. The second-order valence-electron chi connectivity index (χ2n) is 5.97. The molecule has 5 nitrogen and oxygen atoms in total. The molecule has 0 spiro atoms. The normalized spacial score (nSPS) is 10.4. The molecule has 0 bridgehead atoms. The van der Waals surface area contributed by atoms with E-state index >= 15 is 0 Å². The summed E-state index contributed by atoms with van der Waals surface area (Å²) in [4.78, 5) is 23.1. The van der Waals surface area contributed by atoms with Crippen molar-refractivity contribution < 1.29 is 4.79 Å². The smallest absolute Gasteiger partial charge is 0.272 e. The van der Waals surface area contributed by atoms with E-state index in [0.717, 1.165) is 5.56 Å². The van der Waals surface area contributed by atoms with Crippen molar-refractivity contribution in [2.24, 2.45) is 0 Å². The molecule has 3 rings (SSSR count). The first kappa shape index (κ1) is 17.9. The molecule has 0 atom stereocenters. The average Bonchev–Trinajstić information content (AvgIpc) is 2.63. The van der Waals surface area contributed by atoms with E-state index in [1.807, 2.05) is 55.5 Å². The number of benzene rings is 2. The quantitative estimate of drug-likeness (QED) is 0.724. The van der Waals surface area contributed by atoms with Crippen molar-refractivity contribution in [1.82, 2.24) is 14.9 Å². The Kier molecular flexibility index (Phi) is 5.49. The van der Waals surface area contributed by atoms with Gasteiger partial charge in [0.25, 0.3) is 5.91 Å². The highest BCUT2D eigenvalue weighted by Crippen LogP contribution is 2.23. The van der Waals surface area contributed by atoms with Gasteiger partial charge in [-0.15, -0.1) is 0 Å². The molecule has 6 heteroatoms. The number of para-hydroxylation sites is 1. The van der Waals surface area contributed by atoms with Crippen molar-refractivity contribution in [3.05, 3.63) is 82.6 Å². The summed E-state index contributed by atoms with van der Waals surface area (Å²) in [6, 6.07) is 18.8. The molecule has 1 amide bonds. The number of hydrogen-bond acceptors (Lipinski definition) is 4. The van der Waals surface area contributed by atoms with Crippen LogP contribution in [-0.2, 0) is 6.54 Å². The number of rotatable bonds is 5. The molecule has 1 heterocycles. The minimum Gasteiger partial charge on any atom is -0.336 e. The summed E-state index contributed by atoms with van der Waals surface area (Å²) in [7, 11) is 1.76. The molecule has 0 radical (unpaired) electrons. The third-order valence-corrected chi connectivity index (χ3v) is 4.13. The van der Waals surface area contributed by atoms with Gasteiger partial charge in [0, 0.05) is 19.3 Å². The monoisotopic (exact) mass is 366 g/mol. The zero-order chi connectivity index (χ0) is 18.5. The lowest BCUT2D eigenvalue weighted by atomic mass is 10.2. The Labute approximate surface area is 157 Å². The first-order valence-corrected chi connectivity index (χ1v) is 8.57. The first-order chi connectivity index (χ1) is 12.5. The largest absolute Gasteiger partial charge is 0.336 e. The van der Waals surface area contributed by atoms with Crippen molar-refractivity contribution in [3.8, 4) is 0 Å². The summed E-state index contributed by atoms with van der Waals surface area (Å²) in [5, 5.41) is 3.63. The number of halogens is 1. The summed E-state index contributed by atoms with van der Waals surface area (Å²) in [6.45, 7) is 2.34. The average molecular weight is 367 g/mol. The maximum Gasteiger partial charge on any atom is 0.272 e. The third-order valence-electron chi connectivity index (χ3n) is 3.80. The number of aryl methyl sites for hydroxylation is 1. The Morgan fingerprint density at radius 3 is 2.50 bits per heavy atom. The van der Waals surface area contributed by atoms with E-state index in [2.05, 4.69) is 15.3 Å². The van der Waals surface area contributed by atoms with Crippen LogP contribution in [0, 0.1) is 6.92 Å². The van der Waals surface area contributed by atoms with Gasteiger partial charge in [-0.25, -0.2) is 9.97 Å². The van der Waals surface area contributed by atoms with Crippen LogP contribution in [0.15, 0.2) is 60.7 Å². The van der Waals surface area contributed by atoms with Crippen LogP contribution in [-0.4, -0.2) is 27.8 Å². The van der Waals surface area contributed by atoms with Crippen molar-refractivity contribution in [2.75, 3.05) is 12.4 Å². The number of nitrogens with one attached hydrogen (secondary N) is 1. The van der Waals surface area contributed by atoms with E-state index in [1.54, 1.807) is 24.1 Å².